The highest BCUT2D eigenvalue weighted by Crippen LogP contribution is 2.16. The molecular weight excluding hydrogens is 218 g/mol. The second kappa shape index (κ2) is 4.71. The van der Waals surface area contributed by atoms with Gasteiger partial charge in [-0.05, 0) is 26.0 Å². The summed E-state index contributed by atoms with van der Waals surface area (Å²) in [7, 11) is 0. The van der Waals surface area contributed by atoms with Gasteiger partial charge in [0.15, 0.2) is 5.69 Å². The van der Waals surface area contributed by atoms with E-state index in [1.165, 1.54) is 0 Å². The molecule has 0 radical (unpaired) electrons. The van der Waals surface area contributed by atoms with Gasteiger partial charge in [-0.15, -0.1) is 0 Å². The molecule has 2 rings (SSSR count). The molecule has 1 aromatic rings. The number of carbonyl (C=O) groups is 1. The first-order valence-corrected chi connectivity index (χ1v) is 5.73. The minimum atomic E-state index is -0.120. The minimum Gasteiger partial charge on any atom is -0.397 e. The predicted octanol–water partition coefficient (Wildman–Crippen LogP) is 0.913. The quantitative estimate of drug-likeness (QED) is 0.785. The molecule has 0 spiro atoms. The molecule has 1 aliphatic rings. The molecule has 1 aliphatic heterocycles. The summed E-state index contributed by atoms with van der Waals surface area (Å²) in [5.74, 6) is -0.120. The number of anilines is 1. The smallest absolute Gasteiger partial charge is 0.274 e. The molecule has 0 aliphatic carbocycles. The lowest BCUT2D eigenvalue weighted by molar-refractivity contribution is -0.0587. The van der Waals surface area contributed by atoms with Gasteiger partial charge in [0.05, 0.1) is 17.9 Å². The van der Waals surface area contributed by atoms with Gasteiger partial charge >= 0.3 is 0 Å². The van der Waals surface area contributed by atoms with Crippen molar-refractivity contribution >= 4 is 11.6 Å². The summed E-state index contributed by atoms with van der Waals surface area (Å²) in [4.78, 5) is 18.0. The Morgan fingerprint density at radius 2 is 2.12 bits per heavy atom. The first-order chi connectivity index (χ1) is 8.08. The third kappa shape index (κ3) is 2.55. The van der Waals surface area contributed by atoms with Crippen molar-refractivity contribution in [1.29, 1.82) is 0 Å². The van der Waals surface area contributed by atoms with Crippen molar-refractivity contribution in [2.75, 3.05) is 18.8 Å². The molecule has 1 amide bonds. The van der Waals surface area contributed by atoms with E-state index < -0.39 is 0 Å². The lowest BCUT2D eigenvalue weighted by Crippen LogP contribution is -2.48. The Balaban J connectivity index is 2.17. The molecule has 1 fully saturated rings. The van der Waals surface area contributed by atoms with Crippen LogP contribution in [0.3, 0.4) is 0 Å². The zero-order valence-corrected chi connectivity index (χ0v) is 10.1. The fourth-order valence-electron chi connectivity index (χ4n) is 2.09. The Morgan fingerprint density at radius 1 is 1.47 bits per heavy atom. The average Bonchev–Trinajstić information content (AvgIpc) is 2.27. The number of nitrogen functional groups attached to an aromatic ring is 1. The molecule has 2 N–H and O–H groups in total. The molecule has 92 valence electrons. The van der Waals surface area contributed by atoms with Gasteiger partial charge in [-0.2, -0.15) is 0 Å². The SMILES string of the molecule is CC1CN(C(=O)c2ncccc2N)CC(C)O1. The first-order valence-electron chi connectivity index (χ1n) is 5.73. The lowest BCUT2D eigenvalue weighted by Gasteiger charge is -2.35. The number of amides is 1. The van der Waals surface area contributed by atoms with Crippen LogP contribution < -0.4 is 5.73 Å². The van der Waals surface area contributed by atoms with Crippen molar-refractivity contribution in [2.45, 2.75) is 26.1 Å². The summed E-state index contributed by atoms with van der Waals surface area (Å²) >= 11 is 0. The molecular formula is C12H17N3O2. The highest BCUT2D eigenvalue weighted by atomic mass is 16.5. The van der Waals surface area contributed by atoms with E-state index in [1.807, 2.05) is 13.8 Å². The van der Waals surface area contributed by atoms with Crippen molar-refractivity contribution in [1.82, 2.24) is 9.88 Å². The molecule has 2 atom stereocenters. The zero-order chi connectivity index (χ0) is 12.4. The fraction of sp³-hybridized carbons (Fsp3) is 0.500. The Labute approximate surface area is 101 Å². The number of hydrogen-bond donors (Lipinski definition) is 1. The highest BCUT2D eigenvalue weighted by molar-refractivity contribution is 5.97. The summed E-state index contributed by atoms with van der Waals surface area (Å²) in [6.45, 7) is 5.08. The second-order valence-electron chi connectivity index (χ2n) is 4.41. The van der Waals surface area contributed by atoms with E-state index in [4.69, 9.17) is 10.5 Å². The van der Waals surface area contributed by atoms with Crippen LogP contribution in [-0.4, -0.2) is 41.1 Å². The van der Waals surface area contributed by atoms with Crippen molar-refractivity contribution in [3.8, 4) is 0 Å². The largest absolute Gasteiger partial charge is 0.397 e. The zero-order valence-electron chi connectivity index (χ0n) is 10.1. The topological polar surface area (TPSA) is 68.5 Å². The molecule has 2 heterocycles. The molecule has 5 nitrogen and oxygen atoms in total. The predicted molar refractivity (Wildman–Crippen MR) is 64.6 cm³/mol. The van der Waals surface area contributed by atoms with Crippen LogP contribution in [0.5, 0.6) is 0 Å². The van der Waals surface area contributed by atoms with Crippen molar-refractivity contribution in [3.05, 3.63) is 24.0 Å². The molecule has 5 heteroatoms. The van der Waals surface area contributed by atoms with Crippen LogP contribution in [0, 0.1) is 0 Å². The van der Waals surface area contributed by atoms with Gasteiger partial charge < -0.3 is 15.4 Å². The maximum Gasteiger partial charge on any atom is 0.274 e. The van der Waals surface area contributed by atoms with Crippen LogP contribution in [0.2, 0.25) is 0 Å². The number of carbonyl (C=O) groups excluding carboxylic acids is 1. The normalized spacial score (nSPS) is 24.7. The van der Waals surface area contributed by atoms with Gasteiger partial charge in [0.2, 0.25) is 0 Å². The van der Waals surface area contributed by atoms with Gasteiger partial charge in [0.25, 0.3) is 5.91 Å². The second-order valence-corrected chi connectivity index (χ2v) is 4.41. The molecule has 0 saturated carbocycles. The Hall–Kier alpha value is -1.62. The molecule has 2 unspecified atom stereocenters. The van der Waals surface area contributed by atoms with Crippen LogP contribution >= 0.6 is 0 Å². The van der Waals surface area contributed by atoms with Crippen LogP contribution in [0.25, 0.3) is 0 Å². The van der Waals surface area contributed by atoms with Crippen LogP contribution in [0.1, 0.15) is 24.3 Å². The van der Waals surface area contributed by atoms with E-state index in [2.05, 4.69) is 4.98 Å². The van der Waals surface area contributed by atoms with E-state index in [0.29, 0.717) is 24.5 Å². The number of rotatable bonds is 1. The maximum atomic E-state index is 12.2. The highest BCUT2D eigenvalue weighted by Gasteiger charge is 2.27. The van der Waals surface area contributed by atoms with Gasteiger partial charge in [0.1, 0.15) is 0 Å². The Morgan fingerprint density at radius 3 is 2.71 bits per heavy atom. The van der Waals surface area contributed by atoms with E-state index in [9.17, 15) is 4.79 Å². The number of nitrogens with two attached hydrogens (primary N) is 1. The average molecular weight is 235 g/mol. The van der Waals surface area contributed by atoms with Crippen molar-refractivity contribution in [2.24, 2.45) is 0 Å². The summed E-state index contributed by atoms with van der Waals surface area (Å²) < 4.78 is 5.59. The molecule has 0 aromatic carbocycles. The third-order valence-corrected chi connectivity index (χ3v) is 2.75. The number of ether oxygens (including phenoxy) is 1. The summed E-state index contributed by atoms with van der Waals surface area (Å²) in [5, 5.41) is 0. The van der Waals surface area contributed by atoms with Crippen molar-refractivity contribution in [3.63, 3.8) is 0 Å². The first kappa shape index (κ1) is 11.9. The summed E-state index contributed by atoms with van der Waals surface area (Å²) in [6.07, 6.45) is 1.68. The van der Waals surface area contributed by atoms with Gasteiger partial charge in [-0.25, -0.2) is 4.98 Å². The number of hydrogen-bond acceptors (Lipinski definition) is 4. The number of aromatic nitrogens is 1. The third-order valence-electron chi connectivity index (χ3n) is 2.75. The monoisotopic (exact) mass is 235 g/mol. The van der Waals surface area contributed by atoms with E-state index in [-0.39, 0.29) is 18.1 Å². The number of nitrogens with zero attached hydrogens (tertiary/aromatic N) is 2. The van der Waals surface area contributed by atoms with Crippen LogP contribution in [0.15, 0.2) is 18.3 Å². The van der Waals surface area contributed by atoms with E-state index >= 15 is 0 Å². The molecule has 1 aromatic heterocycles. The standard InChI is InChI=1S/C12H17N3O2/c1-8-6-15(7-9(2)17-8)12(16)11-10(13)4-3-5-14-11/h3-5,8-9H,6-7,13H2,1-2H3. The summed E-state index contributed by atoms with van der Waals surface area (Å²) in [6, 6.07) is 3.41. The summed E-state index contributed by atoms with van der Waals surface area (Å²) in [5.41, 5.74) is 6.50. The number of pyridine rings is 1. The minimum absolute atomic E-state index is 0.0487. The maximum absolute atomic E-state index is 12.2. The van der Waals surface area contributed by atoms with Gasteiger partial charge in [0, 0.05) is 19.3 Å². The number of morpholine rings is 1. The molecule has 0 bridgehead atoms. The van der Waals surface area contributed by atoms with Crippen molar-refractivity contribution < 1.29 is 9.53 Å². The van der Waals surface area contributed by atoms with Crippen LogP contribution in [-0.2, 0) is 4.74 Å². The van der Waals surface area contributed by atoms with E-state index in [1.54, 1.807) is 23.2 Å². The van der Waals surface area contributed by atoms with E-state index in [0.717, 1.165) is 0 Å². The Kier molecular flexibility index (Phi) is 3.28. The van der Waals surface area contributed by atoms with Crippen LogP contribution in [0.4, 0.5) is 5.69 Å². The van der Waals surface area contributed by atoms with Gasteiger partial charge in [-0.1, -0.05) is 0 Å². The lowest BCUT2D eigenvalue weighted by atomic mass is 10.2. The fourth-order valence-corrected chi connectivity index (χ4v) is 2.09. The Bertz CT molecular complexity index is 412. The molecule has 1 saturated heterocycles. The van der Waals surface area contributed by atoms with Gasteiger partial charge in [-0.3, -0.25) is 4.79 Å². The molecule has 17 heavy (non-hydrogen) atoms.